The molecule has 0 spiro atoms. The van der Waals surface area contributed by atoms with Gasteiger partial charge in [0.25, 0.3) is 0 Å². The van der Waals surface area contributed by atoms with Crippen molar-refractivity contribution in [3.05, 3.63) is 35.9 Å². The molecule has 1 aliphatic heterocycles. The van der Waals surface area contributed by atoms with Crippen LogP contribution in [-0.4, -0.2) is 25.5 Å². The predicted octanol–water partition coefficient (Wildman–Crippen LogP) is 3.82. The number of fused-ring (bicyclic) bond motifs is 1. The Kier molecular flexibility index (Phi) is 5.18. The number of carbonyl (C=O) groups is 1. The van der Waals surface area contributed by atoms with Gasteiger partial charge in [-0.2, -0.15) is 0 Å². The van der Waals surface area contributed by atoms with Gasteiger partial charge in [0.15, 0.2) is 6.23 Å². The molecule has 1 unspecified atom stereocenters. The largest absolute Gasteiger partial charge is 0.449 e. The average Bonchev–Trinajstić information content (AvgIpc) is 2.49. The number of benzene rings is 1. The highest BCUT2D eigenvalue weighted by molar-refractivity contribution is 5.93. The summed E-state index contributed by atoms with van der Waals surface area (Å²) in [6, 6.07) is 7.75. The maximum absolute atomic E-state index is 12.3. The van der Waals surface area contributed by atoms with E-state index in [9.17, 15) is 4.79 Å². The molecule has 0 fully saturated rings. The molecule has 1 aromatic carbocycles. The number of hydrogen-bond acceptors (Lipinski definition) is 3. The number of amides is 1. The highest BCUT2D eigenvalue weighted by atomic mass is 16.6. The molecular formula is C16H21NO3. The van der Waals surface area contributed by atoms with Gasteiger partial charge in [0.2, 0.25) is 0 Å². The minimum absolute atomic E-state index is 0.357. The second kappa shape index (κ2) is 7.10. The molecule has 0 bridgehead atoms. The number of rotatable bonds is 5. The van der Waals surface area contributed by atoms with Crippen molar-refractivity contribution in [1.29, 1.82) is 0 Å². The minimum atomic E-state index is -0.394. The SMILES string of the molecule is CCCOC(=O)N1c2ccccc2C=CC1OCCC. The van der Waals surface area contributed by atoms with Crippen LogP contribution in [0.3, 0.4) is 0 Å². The van der Waals surface area contributed by atoms with Gasteiger partial charge in [-0.1, -0.05) is 38.1 Å². The molecule has 1 heterocycles. The van der Waals surface area contributed by atoms with Gasteiger partial charge in [-0.15, -0.1) is 0 Å². The summed E-state index contributed by atoms with van der Waals surface area (Å²) in [7, 11) is 0. The fraction of sp³-hybridized carbons (Fsp3) is 0.438. The summed E-state index contributed by atoms with van der Waals surface area (Å²) in [5.74, 6) is 0. The van der Waals surface area contributed by atoms with Gasteiger partial charge in [0.05, 0.1) is 12.3 Å². The minimum Gasteiger partial charge on any atom is -0.449 e. The third-order valence-electron chi connectivity index (χ3n) is 3.01. The van der Waals surface area contributed by atoms with Crippen molar-refractivity contribution in [3.8, 4) is 0 Å². The van der Waals surface area contributed by atoms with E-state index >= 15 is 0 Å². The van der Waals surface area contributed by atoms with Gasteiger partial charge in [-0.25, -0.2) is 9.69 Å². The van der Waals surface area contributed by atoms with E-state index in [1.165, 1.54) is 0 Å². The molecule has 0 N–H and O–H groups in total. The lowest BCUT2D eigenvalue weighted by Crippen LogP contribution is -2.43. The molecule has 4 heteroatoms. The quantitative estimate of drug-likeness (QED) is 0.820. The molecule has 2 rings (SSSR count). The maximum atomic E-state index is 12.3. The van der Waals surface area contributed by atoms with E-state index in [0.29, 0.717) is 13.2 Å². The van der Waals surface area contributed by atoms with Crippen LogP contribution < -0.4 is 4.90 Å². The normalized spacial score (nSPS) is 16.9. The van der Waals surface area contributed by atoms with Crippen molar-refractivity contribution >= 4 is 17.9 Å². The lowest BCUT2D eigenvalue weighted by atomic mass is 10.1. The zero-order chi connectivity index (χ0) is 14.4. The van der Waals surface area contributed by atoms with Crippen LogP contribution in [0.2, 0.25) is 0 Å². The van der Waals surface area contributed by atoms with Gasteiger partial charge >= 0.3 is 6.09 Å². The van der Waals surface area contributed by atoms with Gasteiger partial charge in [0, 0.05) is 6.61 Å². The molecule has 20 heavy (non-hydrogen) atoms. The maximum Gasteiger partial charge on any atom is 0.416 e. The Morgan fingerprint density at radius 1 is 1.20 bits per heavy atom. The van der Waals surface area contributed by atoms with Crippen molar-refractivity contribution in [1.82, 2.24) is 0 Å². The fourth-order valence-electron chi connectivity index (χ4n) is 2.09. The molecule has 1 amide bonds. The summed E-state index contributed by atoms with van der Waals surface area (Å²) < 4.78 is 11.0. The van der Waals surface area contributed by atoms with Crippen LogP contribution in [0.4, 0.5) is 10.5 Å². The first kappa shape index (κ1) is 14.6. The Labute approximate surface area is 120 Å². The van der Waals surface area contributed by atoms with Crippen LogP contribution in [0.5, 0.6) is 0 Å². The number of para-hydroxylation sites is 1. The number of ether oxygens (including phenoxy) is 2. The predicted molar refractivity (Wildman–Crippen MR) is 79.6 cm³/mol. The van der Waals surface area contributed by atoms with Crippen LogP contribution >= 0.6 is 0 Å². The number of hydrogen-bond donors (Lipinski definition) is 0. The van der Waals surface area contributed by atoms with E-state index in [2.05, 4.69) is 0 Å². The van der Waals surface area contributed by atoms with E-state index in [-0.39, 0.29) is 6.09 Å². The van der Waals surface area contributed by atoms with Crippen molar-refractivity contribution in [2.45, 2.75) is 32.9 Å². The van der Waals surface area contributed by atoms with Crippen LogP contribution in [0.15, 0.2) is 30.3 Å². The zero-order valence-corrected chi connectivity index (χ0v) is 12.0. The van der Waals surface area contributed by atoms with Gasteiger partial charge in [-0.3, -0.25) is 0 Å². The second-order valence-electron chi connectivity index (χ2n) is 4.66. The van der Waals surface area contributed by atoms with Crippen molar-refractivity contribution in [3.63, 3.8) is 0 Å². The molecule has 108 valence electrons. The lowest BCUT2D eigenvalue weighted by Gasteiger charge is -2.32. The summed E-state index contributed by atoms with van der Waals surface area (Å²) in [5, 5.41) is 0. The van der Waals surface area contributed by atoms with Crippen LogP contribution in [0.1, 0.15) is 32.3 Å². The molecular weight excluding hydrogens is 254 g/mol. The fourth-order valence-corrected chi connectivity index (χ4v) is 2.09. The molecule has 0 saturated heterocycles. The zero-order valence-electron chi connectivity index (χ0n) is 12.0. The van der Waals surface area contributed by atoms with Crippen LogP contribution in [0, 0.1) is 0 Å². The molecule has 0 aromatic heterocycles. The summed E-state index contributed by atoms with van der Waals surface area (Å²) in [5.41, 5.74) is 1.83. The third-order valence-corrected chi connectivity index (χ3v) is 3.01. The number of nitrogens with zero attached hydrogens (tertiary/aromatic N) is 1. The highest BCUT2D eigenvalue weighted by Crippen LogP contribution is 2.30. The van der Waals surface area contributed by atoms with E-state index in [1.54, 1.807) is 4.90 Å². The van der Waals surface area contributed by atoms with E-state index in [0.717, 1.165) is 24.1 Å². The first-order valence-electron chi connectivity index (χ1n) is 7.12. The molecule has 1 aliphatic rings. The van der Waals surface area contributed by atoms with Gasteiger partial charge in [-0.05, 0) is 30.5 Å². The Hall–Kier alpha value is -1.81. The standard InChI is InChI=1S/C16H21NO3/c1-3-11-19-15-10-9-13-7-5-6-8-14(13)17(15)16(18)20-12-4-2/h5-10,15H,3-4,11-12H2,1-2H3. The summed E-state index contributed by atoms with van der Waals surface area (Å²) in [6.45, 7) is 5.04. The summed E-state index contributed by atoms with van der Waals surface area (Å²) >= 11 is 0. The third kappa shape index (κ3) is 3.20. The van der Waals surface area contributed by atoms with Gasteiger partial charge in [0.1, 0.15) is 0 Å². The monoisotopic (exact) mass is 275 g/mol. The Morgan fingerprint density at radius 3 is 2.70 bits per heavy atom. The van der Waals surface area contributed by atoms with Crippen LogP contribution in [-0.2, 0) is 9.47 Å². The smallest absolute Gasteiger partial charge is 0.416 e. The summed E-state index contributed by atoms with van der Waals surface area (Å²) in [6.07, 6.45) is 4.84. The van der Waals surface area contributed by atoms with Crippen molar-refractivity contribution in [2.24, 2.45) is 0 Å². The van der Waals surface area contributed by atoms with Crippen molar-refractivity contribution in [2.75, 3.05) is 18.1 Å². The molecule has 0 aliphatic carbocycles. The molecule has 4 nitrogen and oxygen atoms in total. The molecule has 1 atom stereocenters. The molecule has 0 saturated carbocycles. The molecule has 0 radical (unpaired) electrons. The Morgan fingerprint density at radius 2 is 1.95 bits per heavy atom. The first-order chi connectivity index (χ1) is 9.77. The first-order valence-corrected chi connectivity index (χ1v) is 7.12. The highest BCUT2D eigenvalue weighted by Gasteiger charge is 2.29. The number of carbonyl (C=O) groups excluding carboxylic acids is 1. The number of anilines is 1. The van der Waals surface area contributed by atoms with E-state index in [1.807, 2.05) is 50.3 Å². The van der Waals surface area contributed by atoms with E-state index < -0.39 is 6.23 Å². The topological polar surface area (TPSA) is 38.8 Å². The molecule has 1 aromatic rings. The summed E-state index contributed by atoms with van der Waals surface area (Å²) in [4.78, 5) is 13.9. The average molecular weight is 275 g/mol. The Bertz CT molecular complexity index is 484. The van der Waals surface area contributed by atoms with Crippen LogP contribution in [0.25, 0.3) is 6.08 Å². The van der Waals surface area contributed by atoms with E-state index in [4.69, 9.17) is 9.47 Å². The second-order valence-corrected chi connectivity index (χ2v) is 4.66. The lowest BCUT2D eigenvalue weighted by molar-refractivity contribution is 0.0737. The van der Waals surface area contributed by atoms with Gasteiger partial charge < -0.3 is 9.47 Å². The van der Waals surface area contributed by atoms with Crippen molar-refractivity contribution < 1.29 is 14.3 Å². The Balaban J connectivity index is 2.24.